The Labute approximate surface area is 169 Å². The van der Waals surface area contributed by atoms with Gasteiger partial charge >= 0.3 is 0 Å². The molecule has 4 heteroatoms. The Kier molecular flexibility index (Phi) is 5.89. The molecule has 0 atom stereocenters. The number of hydrogen-bond donors (Lipinski definition) is 0. The summed E-state index contributed by atoms with van der Waals surface area (Å²) in [6.45, 7) is 3.63. The van der Waals surface area contributed by atoms with Crippen LogP contribution in [0.25, 0.3) is 10.8 Å². The van der Waals surface area contributed by atoms with Gasteiger partial charge in [0.1, 0.15) is 0 Å². The van der Waals surface area contributed by atoms with Crippen LogP contribution in [0.1, 0.15) is 42.7 Å². The van der Waals surface area contributed by atoms with Gasteiger partial charge in [0.15, 0.2) is 17.9 Å². The second kappa shape index (κ2) is 8.73. The zero-order chi connectivity index (χ0) is 20.2. The topological polar surface area (TPSA) is 18.5 Å². The van der Waals surface area contributed by atoms with Crippen LogP contribution in [0.15, 0.2) is 54.6 Å². The lowest BCUT2D eigenvalue weighted by molar-refractivity contribution is -0.206. The van der Waals surface area contributed by atoms with Crippen molar-refractivity contribution < 1.29 is 18.3 Å². The Morgan fingerprint density at radius 3 is 2.31 bits per heavy atom. The molecule has 4 rings (SSSR count). The van der Waals surface area contributed by atoms with Crippen molar-refractivity contribution in [3.05, 3.63) is 82.9 Å². The number of benzene rings is 3. The third-order valence-corrected chi connectivity index (χ3v) is 5.10. The van der Waals surface area contributed by atoms with Gasteiger partial charge in [-0.05, 0) is 42.1 Å². The molecule has 1 aliphatic heterocycles. The van der Waals surface area contributed by atoms with Gasteiger partial charge in [0.2, 0.25) is 0 Å². The summed E-state index contributed by atoms with van der Waals surface area (Å²) in [5.41, 5.74) is 2.58. The van der Waals surface area contributed by atoms with Crippen LogP contribution in [0.2, 0.25) is 0 Å². The summed E-state index contributed by atoms with van der Waals surface area (Å²) in [7, 11) is 0. The molecule has 3 aromatic carbocycles. The van der Waals surface area contributed by atoms with Crippen molar-refractivity contribution in [2.45, 2.75) is 26.1 Å². The van der Waals surface area contributed by atoms with E-state index >= 15 is 0 Å². The zero-order valence-corrected chi connectivity index (χ0v) is 16.3. The fraction of sp³-hybridized carbons (Fsp3) is 0.280. The van der Waals surface area contributed by atoms with Gasteiger partial charge in [-0.25, -0.2) is 8.78 Å². The average Bonchev–Trinajstić information content (AvgIpc) is 2.76. The summed E-state index contributed by atoms with van der Waals surface area (Å²) in [5, 5.41) is 0.882. The molecule has 1 heterocycles. The summed E-state index contributed by atoms with van der Waals surface area (Å²) in [4.78, 5) is 0. The van der Waals surface area contributed by atoms with Gasteiger partial charge in [-0.1, -0.05) is 49.5 Å². The molecule has 0 saturated carbocycles. The van der Waals surface area contributed by atoms with Crippen molar-refractivity contribution in [2.24, 2.45) is 5.92 Å². The van der Waals surface area contributed by atoms with Crippen LogP contribution in [0.3, 0.4) is 0 Å². The molecule has 0 aromatic heterocycles. The molecule has 0 N–H and O–H groups in total. The van der Waals surface area contributed by atoms with Crippen molar-refractivity contribution in [3.8, 4) is 11.8 Å². The lowest BCUT2D eigenvalue weighted by atomic mass is 10.0. The summed E-state index contributed by atoms with van der Waals surface area (Å²) in [6.07, 6.45) is 1.94. The zero-order valence-electron chi connectivity index (χ0n) is 16.3. The molecule has 148 valence electrons. The predicted octanol–water partition coefficient (Wildman–Crippen LogP) is 5.98. The van der Waals surface area contributed by atoms with E-state index in [9.17, 15) is 8.78 Å². The highest BCUT2D eigenvalue weighted by molar-refractivity contribution is 5.84. The molecule has 0 aliphatic carbocycles. The van der Waals surface area contributed by atoms with E-state index < -0.39 is 11.6 Å². The van der Waals surface area contributed by atoms with Gasteiger partial charge in [0.25, 0.3) is 0 Å². The SMILES string of the molecule is CCCC1COC(c2ccc(C#Cc3ccc4c(F)c(F)ccc4c3)cc2)OC1. The second-order valence-electron chi connectivity index (χ2n) is 7.32. The highest BCUT2D eigenvalue weighted by Crippen LogP contribution is 2.27. The van der Waals surface area contributed by atoms with Gasteiger partial charge < -0.3 is 9.47 Å². The smallest absolute Gasteiger partial charge is 0.183 e. The number of ether oxygens (including phenoxy) is 2. The quantitative estimate of drug-likeness (QED) is 0.511. The van der Waals surface area contributed by atoms with Crippen LogP contribution in [0, 0.1) is 29.4 Å². The second-order valence-corrected chi connectivity index (χ2v) is 7.32. The van der Waals surface area contributed by atoms with Crippen LogP contribution >= 0.6 is 0 Å². The molecule has 2 nitrogen and oxygen atoms in total. The van der Waals surface area contributed by atoms with E-state index in [1.165, 1.54) is 0 Å². The summed E-state index contributed by atoms with van der Waals surface area (Å²) >= 11 is 0. The van der Waals surface area contributed by atoms with Gasteiger partial charge in [0.05, 0.1) is 13.2 Å². The minimum absolute atomic E-state index is 0.258. The van der Waals surface area contributed by atoms with Crippen LogP contribution < -0.4 is 0 Å². The molecule has 0 amide bonds. The third-order valence-electron chi connectivity index (χ3n) is 5.10. The Balaban J connectivity index is 1.45. The first kappa shape index (κ1) is 19.6. The van der Waals surface area contributed by atoms with Crippen molar-refractivity contribution in [1.82, 2.24) is 0 Å². The Morgan fingerprint density at radius 2 is 1.59 bits per heavy atom. The van der Waals surface area contributed by atoms with Crippen molar-refractivity contribution >= 4 is 10.8 Å². The highest BCUT2D eigenvalue weighted by Gasteiger charge is 2.22. The Morgan fingerprint density at radius 1 is 0.897 bits per heavy atom. The van der Waals surface area contributed by atoms with Gasteiger partial charge in [-0.15, -0.1) is 0 Å². The molecule has 0 bridgehead atoms. The van der Waals surface area contributed by atoms with E-state index in [-0.39, 0.29) is 11.7 Å². The number of fused-ring (bicyclic) bond motifs is 1. The lowest BCUT2D eigenvalue weighted by Crippen LogP contribution is -2.26. The summed E-state index contributed by atoms with van der Waals surface area (Å²) in [5.74, 6) is 4.99. The maximum atomic E-state index is 13.8. The van der Waals surface area contributed by atoms with Gasteiger partial charge in [-0.2, -0.15) is 0 Å². The molecule has 0 radical (unpaired) electrons. The van der Waals surface area contributed by atoms with E-state index in [2.05, 4.69) is 18.8 Å². The van der Waals surface area contributed by atoms with Crippen molar-refractivity contribution in [1.29, 1.82) is 0 Å². The fourth-order valence-corrected chi connectivity index (χ4v) is 3.52. The Bertz CT molecular complexity index is 1060. The first-order valence-electron chi connectivity index (χ1n) is 9.87. The van der Waals surface area contributed by atoms with Crippen molar-refractivity contribution in [3.63, 3.8) is 0 Å². The third kappa shape index (κ3) is 4.48. The number of rotatable bonds is 3. The standard InChI is InChI=1S/C25H22F2O2/c1-2-3-19-15-28-25(29-16-19)20-9-6-17(7-10-20)4-5-18-8-12-22-21(14-18)11-13-23(26)24(22)27/h6-14,19,25H,2-3,15-16H2,1H3. The maximum absolute atomic E-state index is 13.8. The Hall–Kier alpha value is -2.74. The maximum Gasteiger partial charge on any atom is 0.183 e. The van der Waals surface area contributed by atoms with Gasteiger partial charge in [0, 0.05) is 28.0 Å². The molecule has 1 aliphatic rings. The van der Waals surface area contributed by atoms with E-state index in [4.69, 9.17) is 9.47 Å². The minimum atomic E-state index is -0.844. The van der Waals surface area contributed by atoms with Crippen LogP contribution in [-0.2, 0) is 9.47 Å². The molecule has 0 unspecified atom stereocenters. The number of hydrogen-bond acceptors (Lipinski definition) is 2. The molecular weight excluding hydrogens is 370 g/mol. The fourth-order valence-electron chi connectivity index (χ4n) is 3.52. The largest absolute Gasteiger partial charge is 0.348 e. The molecule has 29 heavy (non-hydrogen) atoms. The molecule has 1 saturated heterocycles. The summed E-state index contributed by atoms with van der Waals surface area (Å²) in [6, 6.07) is 15.5. The normalized spacial score (nSPS) is 19.0. The molecule has 1 fully saturated rings. The van der Waals surface area contributed by atoms with E-state index in [0.717, 1.165) is 48.8 Å². The molecule has 0 spiro atoms. The van der Waals surface area contributed by atoms with E-state index in [1.807, 2.05) is 24.3 Å². The van der Waals surface area contributed by atoms with E-state index in [0.29, 0.717) is 11.3 Å². The molecular formula is C25H22F2O2. The average molecular weight is 392 g/mol. The minimum Gasteiger partial charge on any atom is -0.348 e. The first-order chi connectivity index (χ1) is 14.1. The van der Waals surface area contributed by atoms with E-state index in [1.54, 1.807) is 24.3 Å². The van der Waals surface area contributed by atoms with Crippen LogP contribution in [0.5, 0.6) is 0 Å². The van der Waals surface area contributed by atoms with Crippen molar-refractivity contribution in [2.75, 3.05) is 13.2 Å². The number of halogens is 2. The van der Waals surface area contributed by atoms with Gasteiger partial charge in [-0.3, -0.25) is 0 Å². The highest BCUT2D eigenvalue weighted by atomic mass is 19.2. The first-order valence-corrected chi connectivity index (χ1v) is 9.87. The summed E-state index contributed by atoms with van der Waals surface area (Å²) < 4.78 is 38.8. The predicted molar refractivity (Wildman–Crippen MR) is 109 cm³/mol. The van der Waals surface area contributed by atoms with Crippen LogP contribution in [0.4, 0.5) is 8.78 Å². The monoisotopic (exact) mass is 392 g/mol. The molecule has 3 aromatic rings. The lowest BCUT2D eigenvalue weighted by Gasteiger charge is -2.29. The van der Waals surface area contributed by atoms with Crippen LogP contribution in [-0.4, -0.2) is 13.2 Å².